The molecule has 2 N–H and O–H groups in total. The molecule has 2 aromatic carbocycles. The molecule has 0 bridgehead atoms. The fraction of sp³-hybridized carbons (Fsp3) is 0.250. The lowest BCUT2D eigenvalue weighted by atomic mass is 10.1. The molecule has 0 fully saturated rings. The van der Waals surface area contributed by atoms with Gasteiger partial charge in [-0.05, 0) is 35.2 Å². The molecule has 2 nitrogen and oxygen atoms in total. The third kappa shape index (κ3) is 3.88. The van der Waals surface area contributed by atoms with Gasteiger partial charge < -0.3 is 10.4 Å². The molecular weight excluding hydrogens is 241 g/mol. The monoisotopic (exact) mass is 259 g/mol. The Labute approximate surface area is 112 Å². The second kappa shape index (κ2) is 6.45. The third-order valence-electron chi connectivity index (χ3n) is 3.05. The standard InChI is InChI=1S/C16H18FNO/c1-12-7-14(5-6-16(12)17)10-18-9-13-3-2-4-15(8-13)11-19/h2-8,18-19H,9-11H2,1H3. The van der Waals surface area contributed by atoms with Gasteiger partial charge in [-0.25, -0.2) is 4.39 Å². The highest BCUT2D eigenvalue weighted by Gasteiger charge is 1.99. The van der Waals surface area contributed by atoms with E-state index in [1.807, 2.05) is 30.3 Å². The third-order valence-corrected chi connectivity index (χ3v) is 3.05. The van der Waals surface area contributed by atoms with Crippen LogP contribution in [0.1, 0.15) is 22.3 Å². The van der Waals surface area contributed by atoms with Crippen molar-refractivity contribution >= 4 is 0 Å². The minimum atomic E-state index is -0.167. The fourth-order valence-corrected chi connectivity index (χ4v) is 2.01. The van der Waals surface area contributed by atoms with Gasteiger partial charge >= 0.3 is 0 Å². The molecule has 2 aromatic rings. The topological polar surface area (TPSA) is 32.3 Å². The zero-order valence-electron chi connectivity index (χ0n) is 11.0. The van der Waals surface area contributed by atoms with Crippen LogP contribution in [0.2, 0.25) is 0 Å². The van der Waals surface area contributed by atoms with Crippen molar-refractivity contribution in [1.82, 2.24) is 5.32 Å². The van der Waals surface area contributed by atoms with Gasteiger partial charge in [0.25, 0.3) is 0 Å². The van der Waals surface area contributed by atoms with Crippen molar-refractivity contribution in [1.29, 1.82) is 0 Å². The van der Waals surface area contributed by atoms with Crippen molar-refractivity contribution in [3.63, 3.8) is 0 Å². The van der Waals surface area contributed by atoms with Crippen molar-refractivity contribution in [3.8, 4) is 0 Å². The molecule has 100 valence electrons. The fourth-order valence-electron chi connectivity index (χ4n) is 2.01. The molecule has 0 aliphatic carbocycles. The van der Waals surface area contributed by atoms with Crippen molar-refractivity contribution in [2.45, 2.75) is 26.6 Å². The lowest BCUT2D eigenvalue weighted by molar-refractivity contribution is 0.281. The van der Waals surface area contributed by atoms with E-state index in [0.717, 1.165) is 23.2 Å². The summed E-state index contributed by atoms with van der Waals surface area (Å²) in [4.78, 5) is 0. The minimum Gasteiger partial charge on any atom is -0.392 e. The Morgan fingerprint density at radius 3 is 2.37 bits per heavy atom. The van der Waals surface area contributed by atoms with E-state index in [0.29, 0.717) is 12.1 Å². The first-order chi connectivity index (χ1) is 9.19. The maximum absolute atomic E-state index is 13.1. The predicted octanol–water partition coefficient (Wildman–Crippen LogP) is 2.92. The molecular formula is C16H18FNO. The average molecular weight is 259 g/mol. The molecule has 0 spiro atoms. The molecule has 0 amide bonds. The van der Waals surface area contributed by atoms with Crippen LogP contribution in [0.15, 0.2) is 42.5 Å². The molecule has 0 heterocycles. The molecule has 0 radical (unpaired) electrons. The molecule has 0 unspecified atom stereocenters. The summed E-state index contributed by atoms with van der Waals surface area (Å²) < 4.78 is 13.1. The lowest BCUT2D eigenvalue weighted by Gasteiger charge is -2.07. The summed E-state index contributed by atoms with van der Waals surface area (Å²) in [5, 5.41) is 12.4. The molecule has 0 aliphatic rings. The number of halogens is 1. The molecule has 0 saturated heterocycles. The van der Waals surface area contributed by atoms with Crippen LogP contribution in [0.4, 0.5) is 4.39 Å². The second-order valence-electron chi connectivity index (χ2n) is 4.67. The Bertz CT molecular complexity index is 554. The Hall–Kier alpha value is -1.71. The van der Waals surface area contributed by atoms with Gasteiger partial charge in [0.1, 0.15) is 5.82 Å². The number of hydrogen-bond donors (Lipinski definition) is 2. The Balaban J connectivity index is 1.90. The van der Waals surface area contributed by atoms with Crippen molar-refractivity contribution in [2.75, 3.05) is 0 Å². The number of benzene rings is 2. The van der Waals surface area contributed by atoms with E-state index in [-0.39, 0.29) is 12.4 Å². The molecule has 0 atom stereocenters. The van der Waals surface area contributed by atoms with Gasteiger partial charge in [0.05, 0.1) is 6.61 Å². The lowest BCUT2D eigenvalue weighted by Crippen LogP contribution is -2.13. The first-order valence-electron chi connectivity index (χ1n) is 6.33. The van der Waals surface area contributed by atoms with Crippen LogP contribution in [0.25, 0.3) is 0 Å². The zero-order chi connectivity index (χ0) is 13.7. The van der Waals surface area contributed by atoms with Gasteiger partial charge in [0, 0.05) is 13.1 Å². The van der Waals surface area contributed by atoms with Crippen molar-refractivity contribution in [2.24, 2.45) is 0 Å². The SMILES string of the molecule is Cc1cc(CNCc2cccc(CO)c2)ccc1F. The van der Waals surface area contributed by atoms with Crippen LogP contribution in [0, 0.1) is 12.7 Å². The van der Waals surface area contributed by atoms with E-state index in [1.54, 1.807) is 13.0 Å². The Morgan fingerprint density at radius 1 is 1.00 bits per heavy atom. The van der Waals surface area contributed by atoms with Gasteiger partial charge in [-0.15, -0.1) is 0 Å². The molecule has 19 heavy (non-hydrogen) atoms. The summed E-state index contributed by atoms with van der Waals surface area (Å²) in [5.41, 5.74) is 3.78. The Morgan fingerprint density at radius 2 is 1.68 bits per heavy atom. The van der Waals surface area contributed by atoms with Gasteiger partial charge in [0.2, 0.25) is 0 Å². The molecule has 2 rings (SSSR count). The predicted molar refractivity (Wildman–Crippen MR) is 74.0 cm³/mol. The van der Waals surface area contributed by atoms with E-state index in [4.69, 9.17) is 5.11 Å². The number of rotatable bonds is 5. The minimum absolute atomic E-state index is 0.0605. The normalized spacial score (nSPS) is 10.7. The second-order valence-corrected chi connectivity index (χ2v) is 4.67. The number of aryl methyl sites for hydroxylation is 1. The number of aliphatic hydroxyl groups excluding tert-OH is 1. The zero-order valence-corrected chi connectivity index (χ0v) is 11.0. The highest BCUT2D eigenvalue weighted by atomic mass is 19.1. The summed E-state index contributed by atoms with van der Waals surface area (Å²) in [6.07, 6.45) is 0. The van der Waals surface area contributed by atoms with Crippen molar-refractivity contribution in [3.05, 3.63) is 70.5 Å². The van der Waals surface area contributed by atoms with Crippen LogP contribution in [-0.4, -0.2) is 5.11 Å². The molecule has 3 heteroatoms. The summed E-state index contributed by atoms with van der Waals surface area (Å²) in [6, 6.07) is 13.0. The smallest absolute Gasteiger partial charge is 0.126 e. The summed E-state index contributed by atoms with van der Waals surface area (Å²) >= 11 is 0. The van der Waals surface area contributed by atoms with E-state index >= 15 is 0 Å². The van der Waals surface area contributed by atoms with E-state index < -0.39 is 0 Å². The number of aliphatic hydroxyl groups is 1. The molecule has 0 saturated carbocycles. The van der Waals surface area contributed by atoms with Gasteiger partial charge in [-0.1, -0.05) is 36.4 Å². The summed E-state index contributed by atoms with van der Waals surface area (Å²) in [5.74, 6) is -0.167. The highest BCUT2D eigenvalue weighted by Crippen LogP contribution is 2.10. The van der Waals surface area contributed by atoms with E-state index in [9.17, 15) is 4.39 Å². The van der Waals surface area contributed by atoms with Crippen LogP contribution >= 0.6 is 0 Å². The highest BCUT2D eigenvalue weighted by molar-refractivity contribution is 5.25. The molecule has 0 aromatic heterocycles. The van der Waals surface area contributed by atoms with E-state index in [2.05, 4.69) is 5.32 Å². The first kappa shape index (κ1) is 13.7. The van der Waals surface area contributed by atoms with E-state index in [1.165, 1.54) is 6.07 Å². The van der Waals surface area contributed by atoms with Gasteiger partial charge in [-0.3, -0.25) is 0 Å². The van der Waals surface area contributed by atoms with Crippen molar-refractivity contribution < 1.29 is 9.50 Å². The summed E-state index contributed by atoms with van der Waals surface area (Å²) in [7, 11) is 0. The van der Waals surface area contributed by atoms with Crippen LogP contribution in [0.5, 0.6) is 0 Å². The first-order valence-corrected chi connectivity index (χ1v) is 6.33. The quantitative estimate of drug-likeness (QED) is 0.865. The van der Waals surface area contributed by atoms with Crippen LogP contribution in [0.3, 0.4) is 0 Å². The average Bonchev–Trinajstić information content (AvgIpc) is 2.43. The van der Waals surface area contributed by atoms with Gasteiger partial charge in [0.15, 0.2) is 0 Å². The van der Waals surface area contributed by atoms with Crippen LogP contribution in [-0.2, 0) is 19.7 Å². The molecule has 0 aliphatic heterocycles. The van der Waals surface area contributed by atoms with Gasteiger partial charge in [-0.2, -0.15) is 0 Å². The maximum Gasteiger partial charge on any atom is 0.126 e. The Kier molecular flexibility index (Phi) is 4.66. The maximum atomic E-state index is 13.1. The number of nitrogens with one attached hydrogen (secondary N) is 1. The number of hydrogen-bond acceptors (Lipinski definition) is 2. The summed E-state index contributed by atoms with van der Waals surface area (Å²) in [6.45, 7) is 3.25. The van der Waals surface area contributed by atoms with Crippen LogP contribution < -0.4 is 5.32 Å². The largest absolute Gasteiger partial charge is 0.392 e.